The van der Waals surface area contributed by atoms with Gasteiger partial charge in [-0.25, -0.2) is 4.79 Å². The average Bonchev–Trinajstić information content (AvgIpc) is 2.64. The SMILES string of the molecule is CC(C)OC1CN(C(=O)NC2CCCCC3=C2C=CC(Br)C3)C1. The largest absolute Gasteiger partial charge is 0.372 e. The van der Waals surface area contributed by atoms with Gasteiger partial charge in [0.05, 0.1) is 31.3 Å². The Morgan fingerprint density at radius 3 is 2.91 bits per heavy atom. The molecule has 3 rings (SSSR count). The summed E-state index contributed by atoms with van der Waals surface area (Å²) in [6.45, 7) is 5.49. The second-order valence-electron chi connectivity index (χ2n) is 7.10. The molecule has 1 aliphatic heterocycles. The van der Waals surface area contributed by atoms with Crippen LogP contribution in [0.25, 0.3) is 0 Å². The van der Waals surface area contributed by atoms with Crippen molar-refractivity contribution in [2.75, 3.05) is 13.1 Å². The number of ether oxygens (including phenoxy) is 1. The number of nitrogens with one attached hydrogen (secondary N) is 1. The summed E-state index contributed by atoms with van der Waals surface area (Å²) >= 11 is 3.69. The number of rotatable bonds is 3. The second-order valence-corrected chi connectivity index (χ2v) is 8.27. The molecule has 2 unspecified atom stereocenters. The number of amides is 2. The first-order valence-corrected chi connectivity index (χ1v) is 9.69. The normalized spacial score (nSPS) is 28.4. The topological polar surface area (TPSA) is 41.6 Å². The van der Waals surface area contributed by atoms with Crippen LogP contribution in [0.1, 0.15) is 46.0 Å². The van der Waals surface area contributed by atoms with Gasteiger partial charge in [-0.15, -0.1) is 0 Å². The van der Waals surface area contributed by atoms with Crippen molar-refractivity contribution in [1.82, 2.24) is 10.2 Å². The van der Waals surface area contributed by atoms with E-state index < -0.39 is 0 Å². The number of carbonyl (C=O) groups is 1. The summed E-state index contributed by atoms with van der Waals surface area (Å²) in [4.78, 5) is 14.8. The minimum atomic E-state index is 0.0571. The fourth-order valence-corrected chi connectivity index (χ4v) is 4.21. The van der Waals surface area contributed by atoms with Crippen LogP contribution < -0.4 is 5.32 Å². The summed E-state index contributed by atoms with van der Waals surface area (Å²) in [5, 5.41) is 3.26. The zero-order valence-corrected chi connectivity index (χ0v) is 15.6. The lowest BCUT2D eigenvalue weighted by Crippen LogP contribution is -2.59. The summed E-state index contributed by atoms with van der Waals surface area (Å²) in [5.74, 6) is 0. The molecule has 4 nitrogen and oxygen atoms in total. The lowest BCUT2D eigenvalue weighted by Gasteiger charge is -2.40. The standard InChI is InChI=1S/C18H27BrN2O2/c1-12(2)23-15-10-21(11-15)18(22)20-17-6-4-3-5-13-9-14(19)7-8-16(13)17/h7-8,12,14-15,17H,3-6,9-11H2,1-2H3,(H,20,22). The summed E-state index contributed by atoms with van der Waals surface area (Å²) < 4.78 is 5.73. The molecule has 5 heteroatoms. The molecule has 0 radical (unpaired) electrons. The van der Waals surface area contributed by atoms with Gasteiger partial charge in [-0.3, -0.25) is 0 Å². The van der Waals surface area contributed by atoms with Gasteiger partial charge >= 0.3 is 6.03 Å². The molecule has 128 valence electrons. The number of likely N-dealkylation sites (tertiary alicyclic amines) is 1. The van der Waals surface area contributed by atoms with Crippen LogP contribution >= 0.6 is 15.9 Å². The smallest absolute Gasteiger partial charge is 0.318 e. The molecule has 0 spiro atoms. The third-order valence-electron chi connectivity index (χ3n) is 4.83. The molecule has 2 aliphatic carbocycles. The van der Waals surface area contributed by atoms with Gasteiger partial charge in [0.15, 0.2) is 0 Å². The zero-order valence-electron chi connectivity index (χ0n) is 14.1. The van der Waals surface area contributed by atoms with E-state index in [0.717, 1.165) is 12.8 Å². The first kappa shape index (κ1) is 17.0. The Morgan fingerprint density at radius 1 is 1.39 bits per heavy atom. The van der Waals surface area contributed by atoms with Crippen LogP contribution in [0.2, 0.25) is 0 Å². The van der Waals surface area contributed by atoms with E-state index in [1.54, 1.807) is 0 Å². The van der Waals surface area contributed by atoms with Crippen LogP contribution in [0.3, 0.4) is 0 Å². The first-order chi connectivity index (χ1) is 11.0. The lowest BCUT2D eigenvalue weighted by atomic mass is 9.91. The monoisotopic (exact) mass is 382 g/mol. The number of halogens is 1. The Balaban J connectivity index is 1.57. The molecule has 1 N–H and O–H groups in total. The highest BCUT2D eigenvalue weighted by Gasteiger charge is 2.34. The van der Waals surface area contributed by atoms with Gasteiger partial charge in [-0.2, -0.15) is 0 Å². The van der Waals surface area contributed by atoms with E-state index in [-0.39, 0.29) is 24.3 Å². The van der Waals surface area contributed by atoms with Gasteiger partial charge in [-0.1, -0.05) is 40.1 Å². The van der Waals surface area contributed by atoms with Crippen molar-refractivity contribution in [2.24, 2.45) is 0 Å². The van der Waals surface area contributed by atoms with E-state index in [4.69, 9.17) is 4.74 Å². The lowest BCUT2D eigenvalue weighted by molar-refractivity contribution is -0.0643. The van der Waals surface area contributed by atoms with E-state index in [9.17, 15) is 4.79 Å². The van der Waals surface area contributed by atoms with Crippen LogP contribution in [0.5, 0.6) is 0 Å². The molecule has 1 saturated heterocycles. The molecule has 0 bridgehead atoms. The number of urea groups is 1. The Bertz CT molecular complexity index is 509. The predicted molar refractivity (Wildman–Crippen MR) is 95.9 cm³/mol. The predicted octanol–water partition coefficient (Wildman–Crippen LogP) is 3.77. The van der Waals surface area contributed by atoms with Crippen LogP contribution in [-0.4, -0.2) is 47.1 Å². The van der Waals surface area contributed by atoms with Crippen molar-refractivity contribution >= 4 is 22.0 Å². The zero-order chi connectivity index (χ0) is 16.4. The molecular formula is C18H27BrN2O2. The molecule has 0 aromatic carbocycles. The molecule has 3 aliphatic rings. The fraction of sp³-hybridized carbons (Fsp3) is 0.722. The van der Waals surface area contributed by atoms with Gasteiger partial charge in [0.25, 0.3) is 0 Å². The number of hydrogen-bond acceptors (Lipinski definition) is 2. The summed E-state index contributed by atoms with van der Waals surface area (Å²) in [6.07, 6.45) is 10.5. The Hall–Kier alpha value is -0.810. The maximum absolute atomic E-state index is 12.5. The first-order valence-electron chi connectivity index (χ1n) is 8.78. The van der Waals surface area contributed by atoms with Gasteiger partial charge in [0.1, 0.15) is 0 Å². The highest BCUT2D eigenvalue weighted by Crippen LogP contribution is 2.33. The number of hydrogen-bond donors (Lipinski definition) is 1. The van der Waals surface area contributed by atoms with Crippen molar-refractivity contribution in [3.05, 3.63) is 23.3 Å². The third kappa shape index (κ3) is 4.18. The molecular weight excluding hydrogens is 356 g/mol. The molecule has 1 fully saturated rings. The van der Waals surface area contributed by atoms with Crippen LogP contribution in [-0.2, 0) is 4.74 Å². The Morgan fingerprint density at radius 2 is 2.17 bits per heavy atom. The van der Waals surface area contributed by atoms with E-state index in [1.807, 2.05) is 18.7 Å². The highest BCUT2D eigenvalue weighted by molar-refractivity contribution is 9.09. The van der Waals surface area contributed by atoms with E-state index in [2.05, 4.69) is 33.4 Å². The van der Waals surface area contributed by atoms with Crippen molar-refractivity contribution < 1.29 is 9.53 Å². The van der Waals surface area contributed by atoms with Crippen molar-refractivity contribution in [1.29, 1.82) is 0 Å². The number of allylic oxidation sites excluding steroid dienone is 2. The highest BCUT2D eigenvalue weighted by atomic mass is 79.9. The maximum atomic E-state index is 12.5. The number of nitrogens with zero attached hydrogens (tertiary/aromatic N) is 1. The summed E-state index contributed by atoms with van der Waals surface area (Å²) in [7, 11) is 0. The van der Waals surface area contributed by atoms with Gasteiger partial charge in [0.2, 0.25) is 0 Å². The molecule has 0 saturated carbocycles. The van der Waals surface area contributed by atoms with E-state index in [0.29, 0.717) is 17.9 Å². The van der Waals surface area contributed by atoms with E-state index in [1.165, 1.54) is 30.4 Å². The Kier molecular flexibility index (Phi) is 5.47. The van der Waals surface area contributed by atoms with Crippen LogP contribution in [0, 0.1) is 0 Å². The average molecular weight is 383 g/mol. The van der Waals surface area contributed by atoms with Crippen LogP contribution in [0.15, 0.2) is 23.3 Å². The molecule has 0 aromatic rings. The van der Waals surface area contributed by atoms with E-state index >= 15 is 0 Å². The van der Waals surface area contributed by atoms with Crippen molar-refractivity contribution in [3.63, 3.8) is 0 Å². The number of alkyl halides is 1. The van der Waals surface area contributed by atoms with Gasteiger partial charge in [-0.05, 0) is 45.1 Å². The van der Waals surface area contributed by atoms with Gasteiger partial charge in [0, 0.05) is 4.83 Å². The molecule has 2 atom stereocenters. The van der Waals surface area contributed by atoms with Gasteiger partial charge < -0.3 is 15.0 Å². The minimum Gasteiger partial charge on any atom is -0.372 e. The quantitative estimate of drug-likeness (QED) is 0.754. The third-order valence-corrected chi connectivity index (χ3v) is 5.46. The summed E-state index contributed by atoms with van der Waals surface area (Å²) in [6, 6.07) is 0.225. The number of carbonyl (C=O) groups excluding carboxylic acids is 1. The second kappa shape index (κ2) is 7.39. The molecule has 1 heterocycles. The van der Waals surface area contributed by atoms with Crippen LogP contribution in [0.4, 0.5) is 4.79 Å². The molecule has 23 heavy (non-hydrogen) atoms. The fourth-order valence-electron chi connectivity index (χ4n) is 3.66. The Labute approximate surface area is 147 Å². The molecule has 2 amide bonds. The van der Waals surface area contributed by atoms with Crippen molar-refractivity contribution in [3.8, 4) is 0 Å². The summed E-state index contributed by atoms with van der Waals surface area (Å²) in [5.41, 5.74) is 2.86. The van der Waals surface area contributed by atoms with Crippen molar-refractivity contribution in [2.45, 2.75) is 69.0 Å². The molecule has 0 aromatic heterocycles. The minimum absolute atomic E-state index is 0.0571. The maximum Gasteiger partial charge on any atom is 0.318 e.